The molecule has 0 aliphatic carbocycles. The van der Waals surface area contributed by atoms with Crippen molar-refractivity contribution in [2.24, 2.45) is 15.3 Å². The maximum atomic E-state index is 14.7. The van der Waals surface area contributed by atoms with E-state index in [2.05, 4.69) is 110 Å². The third-order valence-electron chi connectivity index (χ3n) is 18.6. The van der Waals surface area contributed by atoms with Gasteiger partial charge in [0.2, 0.25) is 17.2 Å². The summed E-state index contributed by atoms with van der Waals surface area (Å²) < 4.78 is 57.9. The zero-order chi connectivity index (χ0) is 82.8. The predicted octanol–water partition coefficient (Wildman–Crippen LogP) is 22.3. The van der Waals surface area contributed by atoms with E-state index in [1.54, 1.807) is 36.4 Å². The molecule has 0 aromatic heterocycles. The van der Waals surface area contributed by atoms with Crippen molar-refractivity contribution in [3.8, 4) is 51.7 Å². The average Bonchev–Trinajstić information content (AvgIpc) is 0.828. The molecule has 24 heteroatoms. The van der Waals surface area contributed by atoms with E-state index in [1.165, 1.54) is 39.0 Å². The minimum Gasteiger partial charge on any atom is -0.489 e. The molecule has 4 rings (SSSR count). The van der Waals surface area contributed by atoms with Crippen molar-refractivity contribution in [3.63, 3.8) is 0 Å². The number of unbranched alkanes of at least 4 members (excludes halogenated alkanes) is 27. The fourth-order valence-corrected chi connectivity index (χ4v) is 12.0. The van der Waals surface area contributed by atoms with Crippen LogP contribution in [0, 0.1) is 0 Å². The van der Waals surface area contributed by atoms with Crippen LogP contribution in [-0.4, -0.2) is 112 Å². The molecule has 24 nitrogen and oxygen atoms in total. The number of amides is 3. The van der Waals surface area contributed by atoms with Gasteiger partial charge in [0.25, 0.3) is 17.7 Å². The number of hydrazone groups is 3. The van der Waals surface area contributed by atoms with Crippen LogP contribution in [0.4, 0.5) is 34.1 Å². The Hall–Kier alpha value is -9.09. The van der Waals surface area contributed by atoms with Crippen LogP contribution in [0.1, 0.15) is 314 Å². The molecular formula is C90H141N9O15. The highest BCUT2D eigenvalue weighted by atomic mass is 16.6. The smallest absolute Gasteiger partial charge is 0.279 e. The van der Waals surface area contributed by atoms with Crippen LogP contribution in [0.3, 0.4) is 0 Å². The van der Waals surface area contributed by atoms with E-state index in [1.807, 2.05) is 0 Å². The number of rotatable bonds is 69. The van der Waals surface area contributed by atoms with Gasteiger partial charge in [0.05, 0.1) is 76.5 Å². The van der Waals surface area contributed by atoms with Crippen molar-refractivity contribution in [1.82, 2.24) is 0 Å². The van der Waals surface area contributed by atoms with Crippen molar-refractivity contribution in [1.29, 1.82) is 0 Å². The highest BCUT2D eigenvalue weighted by Gasteiger charge is 2.26. The number of ketones is 3. The fourth-order valence-electron chi connectivity index (χ4n) is 12.0. The van der Waals surface area contributed by atoms with E-state index >= 15 is 0 Å². The Labute approximate surface area is 682 Å². The Kier molecular flexibility index (Phi) is 51.6. The topological polar surface area (TPSA) is 295 Å². The molecule has 114 heavy (non-hydrogen) atoms. The second-order valence-electron chi connectivity index (χ2n) is 29.1. The molecule has 0 aliphatic rings. The number of ether oxygens (including phenoxy) is 9. The summed E-state index contributed by atoms with van der Waals surface area (Å²) in [6.07, 6.45) is 35.2. The maximum Gasteiger partial charge on any atom is 0.279 e. The standard InChI is InChI=1S/C90H141N9O15/c1-13-22-31-40-49-106-76-61-73(62-77(107-50-41-32-23-14-2)85(76)112-55-46-37-28-19-7)94-97-82(67(10)100)88(103)91-70-58-71(92-89(104)83(68(11)101)98-95-74-63-78(108-51-42-33-24-15-3)86(113-56-47-38-29-20-8)79(64-74)109-52-43-34-25-16-4)60-72(59-70)93-90(105)84(69(12)102)99-96-75-65-80(110-53-44-35-26-17-5)87(114-57-48-39-30-21-9)81(66-75)111-54-45-36-27-18-6/h58-66,94-96H,13-57H2,1-12H3,(H,91,103)(H,92,104)(H,93,105)/b97-82-,98-83+,99-84+. The van der Waals surface area contributed by atoms with Crippen LogP contribution < -0.4 is 74.9 Å². The number of nitrogens with one attached hydrogen (secondary N) is 6. The molecule has 0 fully saturated rings. The van der Waals surface area contributed by atoms with Gasteiger partial charge < -0.3 is 58.6 Å². The summed E-state index contributed by atoms with van der Waals surface area (Å²) in [4.78, 5) is 85.1. The maximum absolute atomic E-state index is 14.7. The molecule has 0 radical (unpaired) electrons. The Morgan fingerprint density at radius 1 is 0.228 bits per heavy atom. The lowest BCUT2D eigenvalue weighted by atomic mass is 10.2. The number of carbonyl (C=O) groups is 6. The molecule has 0 spiro atoms. The molecule has 0 unspecified atom stereocenters. The third kappa shape index (κ3) is 39.3. The van der Waals surface area contributed by atoms with Crippen LogP contribution >= 0.6 is 0 Å². The first kappa shape index (κ1) is 97.3. The van der Waals surface area contributed by atoms with Crippen molar-refractivity contribution in [3.05, 3.63) is 54.6 Å². The Morgan fingerprint density at radius 3 is 0.553 bits per heavy atom. The SMILES string of the molecule is CCCCCCOc1cc(N/N=C(/C(C)=O)C(=O)Nc2cc(NC(=O)/C(=N/Nc3cc(OCCCCCC)c(OCCCCCC)c(OCCCCCC)c3)C(C)=O)cc(NC(=O)/C(=N/Nc3cc(OCCCCCC)c(OCCCCCC)c(OCCCCCC)c3)C(C)=O)c2)cc(OCCCCCC)c1OCCCCCC. The summed E-state index contributed by atoms with van der Waals surface area (Å²) in [5.74, 6) is -1.32. The zero-order valence-corrected chi connectivity index (χ0v) is 71.5. The average molecular weight is 1590 g/mol. The van der Waals surface area contributed by atoms with Crippen LogP contribution in [0.2, 0.25) is 0 Å². The largest absolute Gasteiger partial charge is 0.489 e. The quantitative estimate of drug-likeness (QED) is 0.0104. The molecular weight excluding hydrogens is 1450 g/mol. The number of carbonyl (C=O) groups excluding carboxylic acids is 6. The highest BCUT2D eigenvalue weighted by molar-refractivity contribution is 6.68. The molecule has 0 atom stereocenters. The van der Waals surface area contributed by atoms with Gasteiger partial charge in [-0.2, -0.15) is 15.3 Å². The minimum absolute atomic E-state index is 0.0758. The molecule has 6 N–H and O–H groups in total. The number of hydrogen-bond donors (Lipinski definition) is 6. The summed E-state index contributed by atoms with van der Waals surface area (Å²) in [5.41, 5.74) is 7.85. The number of nitrogens with zero attached hydrogens (tertiary/aromatic N) is 3. The van der Waals surface area contributed by atoms with Crippen LogP contribution in [0.15, 0.2) is 69.9 Å². The van der Waals surface area contributed by atoms with E-state index in [4.69, 9.17) is 42.6 Å². The van der Waals surface area contributed by atoms with Gasteiger partial charge >= 0.3 is 0 Å². The van der Waals surface area contributed by atoms with Gasteiger partial charge in [-0.15, -0.1) is 0 Å². The van der Waals surface area contributed by atoms with Crippen LogP contribution in [-0.2, 0) is 28.8 Å². The number of Topliss-reactive ketones (excluding diaryl/α,β-unsaturated/α-hetero) is 3. The number of hydrogen-bond acceptors (Lipinski definition) is 21. The summed E-state index contributed by atoms with van der Waals surface area (Å²) in [6.45, 7) is 26.7. The van der Waals surface area contributed by atoms with Gasteiger partial charge in [0.1, 0.15) is 0 Å². The van der Waals surface area contributed by atoms with Crippen molar-refractivity contribution >= 4 is 86.3 Å². The molecule has 0 heterocycles. The highest BCUT2D eigenvalue weighted by Crippen LogP contribution is 2.44. The molecule has 0 saturated heterocycles. The molecule has 0 saturated carbocycles. The third-order valence-corrected chi connectivity index (χ3v) is 18.6. The molecule has 0 bridgehead atoms. The van der Waals surface area contributed by atoms with E-state index < -0.39 is 52.2 Å². The monoisotopic (exact) mass is 1590 g/mol. The van der Waals surface area contributed by atoms with Gasteiger partial charge in [-0.05, 0) is 76.0 Å². The first-order valence-electron chi connectivity index (χ1n) is 43.3. The first-order chi connectivity index (χ1) is 55.5. The number of benzene rings is 4. The summed E-state index contributed by atoms with van der Waals surface area (Å²) in [7, 11) is 0. The van der Waals surface area contributed by atoms with Crippen molar-refractivity contribution in [2.45, 2.75) is 314 Å². The normalized spacial score (nSPS) is 11.5. The van der Waals surface area contributed by atoms with Crippen LogP contribution in [0.25, 0.3) is 0 Å². The van der Waals surface area contributed by atoms with Crippen molar-refractivity contribution < 1.29 is 71.4 Å². The lowest BCUT2D eigenvalue weighted by Gasteiger charge is -2.19. The minimum atomic E-state index is -0.990. The summed E-state index contributed by atoms with van der Waals surface area (Å²) >= 11 is 0. The second kappa shape index (κ2) is 60.5. The second-order valence-corrected chi connectivity index (χ2v) is 29.1. The van der Waals surface area contributed by atoms with Gasteiger partial charge in [-0.25, -0.2) is 0 Å². The molecule has 4 aromatic rings. The Morgan fingerprint density at radius 2 is 0.395 bits per heavy atom. The Bertz CT molecular complexity index is 3080. The van der Waals surface area contributed by atoms with E-state index in [-0.39, 0.29) is 17.1 Å². The fraction of sp³-hybridized carbons (Fsp3) is 0.633. The summed E-state index contributed by atoms with van der Waals surface area (Å²) in [6, 6.07) is 14.2. The van der Waals surface area contributed by atoms with Gasteiger partial charge in [-0.3, -0.25) is 45.0 Å². The molecule has 4 aromatic carbocycles. The molecule has 3 amide bonds. The van der Waals surface area contributed by atoms with E-state index in [9.17, 15) is 28.8 Å². The van der Waals surface area contributed by atoms with Gasteiger partial charge in [-0.1, -0.05) is 236 Å². The Balaban J connectivity index is 1.90. The lowest BCUT2D eigenvalue weighted by Crippen LogP contribution is -2.31. The van der Waals surface area contributed by atoms with Gasteiger partial charge in [0, 0.05) is 74.2 Å². The summed E-state index contributed by atoms with van der Waals surface area (Å²) in [5, 5.41) is 21.3. The molecule has 0 aliphatic heterocycles. The van der Waals surface area contributed by atoms with Gasteiger partial charge in [0.15, 0.2) is 69.0 Å². The number of anilines is 6. The first-order valence-corrected chi connectivity index (χ1v) is 43.3. The van der Waals surface area contributed by atoms with Crippen molar-refractivity contribution in [2.75, 3.05) is 91.7 Å². The molecule has 636 valence electrons. The van der Waals surface area contributed by atoms with Crippen LogP contribution in [0.5, 0.6) is 51.7 Å². The predicted molar refractivity (Wildman–Crippen MR) is 464 cm³/mol. The van der Waals surface area contributed by atoms with E-state index in [0.29, 0.717) is 128 Å². The lowest BCUT2D eigenvalue weighted by molar-refractivity contribution is -0.116. The van der Waals surface area contributed by atoms with E-state index in [0.717, 1.165) is 231 Å². The zero-order valence-electron chi connectivity index (χ0n) is 71.5.